The largest absolute Gasteiger partial charge is 0.497 e. The molecule has 146 valence electrons. The van der Waals surface area contributed by atoms with Crippen LogP contribution < -0.4 is 15.4 Å². The first-order valence-electron chi connectivity index (χ1n) is 9.68. The van der Waals surface area contributed by atoms with Crippen LogP contribution in [0.25, 0.3) is 0 Å². The first kappa shape index (κ1) is 21.0. The summed E-state index contributed by atoms with van der Waals surface area (Å²) in [4.78, 5) is 12.5. The molecule has 0 aliphatic carbocycles. The monoisotopic (exact) mass is 368 g/mol. The zero-order valence-corrected chi connectivity index (χ0v) is 17.1. The maximum atomic E-state index is 12.5. The second-order valence-corrected chi connectivity index (χ2v) is 7.44. The van der Waals surface area contributed by atoms with Gasteiger partial charge in [-0.3, -0.25) is 4.79 Å². The summed E-state index contributed by atoms with van der Waals surface area (Å²) in [5.41, 5.74) is 4.57. The first-order valence-corrected chi connectivity index (χ1v) is 9.68. The predicted molar refractivity (Wildman–Crippen MR) is 113 cm³/mol. The molecule has 4 heteroatoms. The van der Waals surface area contributed by atoms with Crippen LogP contribution in [0.3, 0.4) is 0 Å². The number of hydrogen-bond donors (Lipinski definition) is 2. The number of anilines is 1. The zero-order chi connectivity index (χ0) is 19.8. The fraction of sp³-hybridized carbons (Fsp3) is 0.435. The summed E-state index contributed by atoms with van der Waals surface area (Å²) in [6.45, 7) is 9.68. The van der Waals surface area contributed by atoms with Gasteiger partial charge in [0.05, 0.1) is 13.7 Å². The molecule has 4 nitrogen and oxygen atoms in total. The quantitative estimate of drug-likeness (QED) is 0.630. The SMILES string of the molecule is COc1ccc(CCNCC(=O)Nc2c(C(C)C)cccc2C(C)C)cc1. The lowest BCUT2D eigenvalue weighted by atomic mass is 9.92. The van der Waals surface area contributed by atoms with Gasteiger partial charge in [-0.25, -0.2) is 0 Å². The van der Waals surface area contributed by atoms with Gasteiger partial charge in [-0.05, 0) is 53.6 Å². The van der Waals surface area contributed by atoms with Gasteiger partial charge in [0.25, 0.3) is 0 Å². The third-order valence-electron chi connectivity index (χ3n) is 4.67. The summed E-state index contributed by atoms with van der Waals surface area (Å²) in [7, 11) is 1.66. The van der Waals surface area contributed by atoms with Crippen LogP contribution in [0, 0.1) is 0 Å². The van der Waals surface area contributed by atoms with Crippen molar-refractivity contribution in [2.24, 2.45) is 0 Å². The van der Waals surface area contributed by atoms with Gasteiger partial charge in [-0.15, -0.1) is 0 Å². The Bertz CT molecular complexity index is 710. The third kappa shape index (κ3) is 6.10. The highest BCUT2D eigenvalue weighted by Gasteiger charge is 2.15. The molecule has 2 aromatic carbocycles. The summed E-state index contributed by atoms with van der Waals surface area (Å²) < 4.78 is 5.17. The Labute approximate surface area is 163 Å². The molecule has 1 amide bonds. The molecular weight excluding hydrogens is 336 g/mol. The Morgan fingerprint density at radius 3 is 2.07 bits per heavy atom. The molecule has 0 heterocycles. The number of carbonyl (C=O) groups is 1. The average molecular weight is 369 g/mol. The van der Waals surface area contributed by atoms with Crippen LogP contribution in [0.2, 0.25) is 0 Å². The van der Waals surface area contributed by atoms with E-state index in [1.54, 1.807) is 7.11 Å². The minimum Gasteiger partial charge on any atom is -0.497 e. The molecule has 0 fully saturated rings. The van der Waals surface area contributed by atoms with E-state index in [1.165, 1.54) is 16.7 Å². The van der Waals surface area contributed by atoms with Gasteiger partial charge in [-0.2, -0.15) is 0 Å². The van der Waals surface area contributed by atoms with Crippen molar-refractivity contribution < 1.29 is 9.53 Å². The summed E-state index contributed by atoms with van der Waals surface area (Å²) >= 11 is 0. The van der Waals surface area contributed by atoms with E-state index in [1.807, 2.05) is 24.3 Å². The number of methoxy groups -OCH3 is 1. The smallest absolute Gasteiger partial charge is 0.238 e. The van der Waals surface area contributed by atoms with Crippen molar-refractivity contribution in [1.29, 1.82) is 0 Å². The maximum absolute atomic E-state index is 12.5. The Morgan fingerprint density at radius 1 is 0.963 bits per heavy atom. The van der Waals surface area contributed by atoms with Crippen molar-refractivity contribution in [3.63, 3.8) is 0 Å². The van der Waals surface area contributed by atoms with Gasteiger partial charge in [-0.1, -0.05) is 58.0 Å². The molecule has 2 rings (SSSR count). The Hall–Kier alpha value is -2.33. The second-order valence-electron chi connectivity index (χ2n) is 7.44. The van der Waals surface area contributed by atoms with Crippen molar-refractivity contribution in [1.82, 2.24) is 5.32 Å². The van der Waals surface area contributed by atoms with Crippen LogP contribution in [0.4, 0.5) is 5.69 Å². The van der Waals surface area contributed by atoms with E-state index in [0.29, 0.717) is 18.4 Å². The highest BCUT2D eigenvalue weighted by molar-refractivity contribution is 5.94. The fourth-order valence-electron chi connectivity index (χ4n) is 3.11. The molecule has 0 saturated carbocycles. The summed E-state index contributed by atoms with van der Waals surface area (Å²) in [5.74, 6) is 1.58. The van der Waals surface area contributed by atoms with Crippen molar-refractivity contribution in [3.05, 3.63) is 59.2 Å². The van der Waals surface area contributed by atoms with Gasteiger partial charge in [0.15, 0.2) is 0 Å². The van der Waals surface area contributed by atoms with Crippen molar-refractivity contribution in [2.75, 3.05) is 25.5 Å². The predicted octanol–water partition coefficient (Wildman–Crippen LogP) is 4.71. The van der Waals surface area contributed by atoms with E-state index < -0.39 is 0 Å². The third-order valence-corrected chi connectivity index (χ3v) is 4.67. The molecule has 0 unspecified atom stereocenters. The maximum Gasteiger partial charge on any atom is 0.238 e. The first-order chi connectivity index (χ1) is 12.9. The normalized spacial score (nSPS) is 11.1. The van der Waals surface area contributed by atoms with E-state index in [9.17, 15) is 4.79 Å². The molecule has 0 atom stereocenters. The number of ether oxygens (including phenoxy) is 1. The minimum atomic E-state index is -0.000249. The molecule has 2 N–H and O–H groups in total. The van der Waals surface area contributed by atoms with E-state index >= 15 is 0 Å². The number of carbonyl (C=O) groups excluding carboxylic acids is 1. The summed E-state index contributed by atoms with van der Waals surface area (Å²) in [6, 6.07) is 14.3. The molecule has 0 radical (unpaired) electrons. The van der Waals surface area contributed by atoms with Gasteiger partial charge in [0, 0.05) is 5.69 Å². The number of benzene rings is 2. The van der Waals surface area contributed by atoms with Gasteiger partial charge in [0.1, 0.15) is 5.75 Å². The minimum absolute atomic E-state index is 0.000249. The molecule has 27 heavy (non-hydrogen) atoms. The lowest BCUT2D eigenvalue weighted by molar-refractivity contribution is -0.115. The lowest BCUT2D eigenvalue weighted by Crippen LogP contribution is -2.30. The number of para-hydroxylation sites is 1. The molecule has 0 bridgehead atoms. The fourth-order valence-corrected chi connectivity index (χ4v) is 3.11. The van der Waals surface area contributed by atoms with Gasteiger partial charge in [0.2, 0.25) is 5.91 Å². The molecule has 0 aliphatic heterocycles. The molecule has 0 spiro atoms. The summed E-state index contributed by atoms with van der Waals surface area (Å²) in [5, 5.41) is 6.37. The average Bonchev–Trinajstić information content (AvgIpc) is 2.65. The van der Waals surface area contributed by atoms with Crippen molar-refractivity contribution >= 4 is 11.6 Å². The number of nitrogens with one attached hydrogen (secondary N) is 2. The molecule has 2 aromatic rings. The standard InChI is InChI=1S/C23H32N2O2/c1-16(2)20-7-6-8-21(17(3)4)23(20)25-22(26)15-24-14-13-18-9-11-19(27-5)12-10-18/h6-12,16-17,24H,13-15H2,1-5H3,(H,25,26). The molecular formula is C23H32N2O2. The van der Waals surface area contributed by atoms with E-state index in [2.05, 4.69) is 56.5 Å². The van der Waals surface area contributed by atoms with E-state index in [4.69, 9.17) is 4.74 Å². The Kier molecular flexibility index (Phi) is 7.86. The van der Waals surface area contributed by atoms with Crippen LogP contribution in [0.1, 0.15) is 56.2 Å². The molecule has 0 saturated heterocycles. The van der Waals surface area contributed by atoms with Crippen LogP contribution >= 0.6 is 0 Å². The highest BCUT2D eigenvalue weighted by Crippen LogP contribution is 2.32. The van der Waals surface area contributed by atoms with Crippen molar-refractivity contribution in [2.45, 2.75) is 46.0 Å². The van der Waals surface area contributed by atoms with Crippen LogP contribution in [-0.4, -0.2) is 26.1 Å². The van der Waals surface area contributed by atoms with Crippen LogP contribution in [0.15, 0.2) is 42.5 Å². The number of hydrogen-bond acceptors (Lipinski definition) is 3. The topological polar surface area (TPSA) is 50.4 Å². The van der Waals surface area contributed by atoms with Crippen LogP contribution in [-0.2, 0) is 11.2 Å². The highest BCUT2D eigenvalue weighted by atomic mass is 16.5. The van der Waals surface area contributed by atoms with Crippen LogP contribution in [0.5, 0.6) is 5.75 Å². The second kappa shape index (κ2) is 10.1. The van der Waals surface area contributed by atoms with E-state index in [0.717, 1.165) is 24.4 Å². The Balaban J connectivity index is 1.90. The zero-order valence-electron chi connectivity index (χ0n) is 17.1. The molecule has 0 aliphatic rings. The lowest BCUT2D eigenvalue weighted by Gasteiger charge is -2.20. The van der Waals surface area contributed by atoms with Gasteiger partial charge >= 0.3 is 0 Å². The summed E-state index contributed by atoms with van der Waals surface area (Å²) in [6.07, 6.45) is 0.872. The van der Waals surface area contributed by atoms with Crippen molar-refractivity contribution in [3.8, 4) is 5.75 Å². The molecule has 0 aromatic heterocycles. The van der Waals surface area contributed by atoms with E-state index in [-0.39, 0.29) is 5.91 Å². The van der Waals surface area contributed by atoms with Gasteiger partial charge < -0.3 is 15.4 Å². The number of amides is 1. The number of rotatable bonds is 9. The Morgan fingerprint density at radius 2 is 1.56 bits per heavy atom.